The number of pyridine rings is 1. The van der Waals surface area contributed by atoms with Crippen molar-refractivity contribution >= 4 is 27.5 Å². The summed E-state index contributed by atoms with van der Waals surface area (Å²) >= 11 is 3.39. The molecule has 0 aliphatic carbocycles. The van der Waals surface area contributed by atoms with Gasteiger partial charge in [-0.25, -0.2) is 9.50 Å². The first-order valence-corrected chi connectivity index (χ1v) is 6.20. The van der Waals surface area contributed by atoms with Crippen molar-refractivity contribution < 1.29 is 0 Å². The summed E-state index contributed by atoms with van der Waals surface area (Å²) in [5.74, 6) is 1.45. The Bertz CT molecular complexity index is 645. The Morgan fingerprint density at radius 2 is 2.33 bits per heavy atom. The number of H-pyrrole nitrogens is 1. The molecule has 0 unspecified atom stereocenters. The summed E-state index contributed by atoms with van der Waals surface area (Å²) in [7, 11) is 0. The third-order valence-corrected chi connectivity index (χ3v) is 2.87. The molecule has 0 amide bonds. The lowest BCUT2D eigenvalue weighted by molar-refractivity contribution is 0.884. The van der Waals surface area contributed by atoms with Gasteiger partial charge in [0.05, 0.1) is 0 Å². The van der Waals surface area contributed by atoms with Gasteiger partial charge in [-0.2, -0.15) is 10.1 Å². The molecule has 3 rings (SSSR count). The molecule has 0 aliphatic rings. The van der Waals surface area contributed by atoms with Crippen molar-refractivity contribution in [3.8, 4) is 0 Å². The summed E-state index contributed by atoms with van der Waals surface area (Å²) in [5, 5.41) is 14.0. The van der Waals surface area contributed by atoms with E-state index in [4.69, 9.17) is 0 Å². The average molecular weight is 308 g/mol. The van der Waals surface area contributed by atoms with Crippen LogP contribution in [0.3, 0.4) is 0 Å². The van der Waals surface area contributed by atoms with Gasteiger partial charge in [0.15, 0.2) is 5.65 Å². The van der Waals surface area contributed by atoms with Crippen LogP contribution in [-0.4, -0.2) is 36.3 Å². The smallest absolute Gasteiger partial charge is 0.243 e. The SMILES string of the molecule is Brc1ccc2nc(NCCc3ncn[nH]3)nn2c1. The number of halogens is 1. The van der Waals surface area contributed by atoms with Gasteiger partial charge in [-0.05, 0) is 28.1 Å². The number of aromatic nitrogens is 6. The summed E-state index contributed by atoms with van der Waals surface area (Å²) in [4.78, 5) is 8.39. The van der Waals surface area contributed by atoms with Gasteiger partial charge in [-0.15, -0.1) is 5.10 Å². The van der Waals surface area contributed by atoms with E-state index < -0.39 is 0 Å². The Kier molecular flexibility index (Phi) is 2.93. The van der Waals surface area contributed by atoms with Crippen LogP contribution < -0.4 is 5.32 Å². The van der Waals surface area contributed by atoms with Crippen LogP contribution in [0.25, 0.3) is 5.65 Å². The van der Waals surface area contributed by atoms with Crippen LogP contribution in [0, 0.1) is 0 Å². The number of aromatic amines is 1. The van der Waals surface area contributed by atoms with E-state index in [-0.39, 0.29) is 0 Å². The molecule has 0 atom stereocenters. The molecule has 18 heavy (non-hydrogen) atoms. The van der Waals surface area contributed by atoms with E-state index in [1.54, 1.807) is 4.52 Å². The van der Waals surface area contributed by atoms with E-state index in [9.17, 15) is 0 Å². The highest BCUT2D eigenvalue weighted by molar-refractivity contribution is 9.10. The van der Waals surface area contributed by atoms with Crippen molar-refractivity contribution in [1.29, 1.82) is 0 Å². The third kappa shape index (κ3) is 2.33. The van der Waals surface area contributed by atoms with Gasteiger partial charge in [0.1, 0.15) is 12.2 Å². The number of nitrogens with one attached hydrogen (secondary N) is 2. The van der Waals surface area contributed by atoms with Crippen molar-refractivity contribution in [1.82, 2.24) is 29.8 Å². The normalized spacial score (nSPS) is 10.9. The lowest BCUT2D eigenvalue weighted by atomic mass is 10.4. The van der Waals surface area contributed by atoms with E-state index in [0.717, 1.165) is 22.4 Å². The highest BCUT2D eigenvalue weighted by Crippen LogP contribution is 2.11. The Morgan fingerprint density at radius 1 is 1.39 bits per heavy atom. The standard InChI is InChI=1S/C10H10BrN7/c11-7-1-2-9-15-10(17-18(9)5-7)12-4-3-8-13-6-14-16-8/h1-2,5-6H,3-4H2,(H,12,17)(H,13,14,16). The monoisotopic (exact) mass is 307 g/mol. The predicted octanol–water partition coefficient (Wildman–Crippen LogP) is 1.26. The van der Waals surface area contributed by atoms with E-state index in [1.165, 1.54) is 6.33 Å². The minimum absolute atomic E-state index is 0.604. The predicted molar refractivity (Wildman–Crippen MR) is 69.3 cm³/mol. The molecule has 0 fully saturated rings. The van der Waals surface area contributed by atoms with Gasteiger partial charge in [0.25, 0.3) is 0 Å². The number of hydrogen-bond donors (Lipinski definition) is 2. The molecule has 2 N–H and O–H groups in total. The molecule has 3 heterocycles. The maximum atomic E-state index is 4.35. The average Bonchev–Trinajstić information content (AvgIpc) is 2.97. The first kappa shape index (κ1) is 11.1. The van der Waals surface area contributed by atoms with Crippen molar-refractivity contribution in [2.24, 2.45) is 0 Å². The molecule has 8 heteroatoms. The van der Waals surface area contributed by atoms with Crippen LogP contribution in [0.2, 0.25) is 0 Å². The molecule has 92 valence electrons. The Balaban J connectivity index is 1.67. The van der Waals surface area contributed by atoms with Gasteiger partial charge in [0, 0.05) is 23.6 Å². The topological polar surface area (TPSA) is 83.8 Å². The molecule has 0 bridgehead atoms. The van der Waals surface area contributed by atoms with Crippen molar-refractivity contribution in [3.63, 3.8) is 0 Å². The highest BCUT2D eigenvalue weighted by atomic mass is 79.9. The molecule has 3 aromatic heterocycles. The second-order valence-electron chi connectivity index (χ2n) is 3.69. The minimum Gasteiger partial charge on any atom is -0.352 e. The zero-order valence-corrected chi connectivity index (χ0v) is 10.9. The first-order chi connectivity index (χ1) is 8.81. The number of fused-ring (bicyclic) bond motifs is 1. The summed E-state index contributed by atoms with van der Waals surface area (Å²) in [6.45, 7) is 0.702. The molecular weight excluding hydrogens is 298 g/mol. The molecule has 0 radical (unpaired) electrons. The summed E-state index contributed by atoms with van der Waals surface area (Å²) in [5.41, 5.74) is 0.806. The fourth-order valence-corrected chi connectivity index (χ4v) is 1.90. The zero-order chi connectivity index (χ0) is 12.4. The van der Waals surface area contributed by atoms with Crippen LogP contribution >= 0.6 is 15.9 Å². The molecule has 7 nitrogen and oxygen atoms in total. The Morgan fingerprint density at radius 3 is 3.17 bits per heavy atom. The number of hydrogen-bond acceptors (Lipinski definition) is 5. The van der Waals surface area contributed by atoms with Crippen LogP contribution in [-0.2, 0) is 6.42 Å². The second kappa shape index (κ2) is 4.73. The maximum Gasteiger partial charge on any atom is 0.243 e. The van der Waals surface area contributed by atoms with Gasteiger partial charge < -0.3 is 5.32 Å². The molecular formula is C10H10BrN7. The van der Waals surface area contributed by atoms with Crippen molar-refractivity contribution in [2.45, 2.75) is 6.42 Å². The quantitative estimate of drug-likeness (QED) is 0.758. The summed E-state index contributed by atoms with van der Waals surface area (Å²) < 4.78 is 2.69. The number of rotatable bonds is 4. The molecule has 0 spiro atoms. The van der Waals surface area contributed by atoms with Crippen LogP contribution in [0.1, 0.15) is 5.82 Å². The van der Waals surface area contributed by atoms with Gasteiger partial charge in [-0.3, -0.25) is 5.10 Å². The summed E-state index contributed by atoms with van der Waals surface area (Å²) in [6, 6.07) is 3.83. The van der Waals surface area contributed by atoms with Crippen LogP contribution in [0.15, 0.2) is 29.1 Å². The third-order valence-electron chi connectivity index (χ3n) is 2.40. The molecule has 0 aromatic carbocycles. The highest BCUT2D eigenvalue weighted by Gasteiger charge is 2.03. The van der Waals surface area contributed by atoms with Gasteiger partial charge in [0.2, 0.25) is 5.95 Å². The number of anilines is 1. The number of nitrogens with zero attached hydrogens (tertiary/aromatic N) is 5. The van der Waals surface area contributed by atoms with E-state index in [1.807, 2.05) is 18.3 Å². The van der Waals surface area contributed by atoms with Crippen LogP contribution in [0.5, 0.6) is 0 Å². The fourth-order valence-electron chi connectivity index (χ4n) is 1.58. The zero-order valence-electron chi connectivity index (χ0n) is 9.34. The second-order valence-corrected chi connectivity index (χ2v) is 4.61. The summed E-state index contributed by atoms with van der Waals surface area (Å²) in [6.07, 6.45) is 4.11. The molecule has 3 aromatic rings. The minimum atomic E-state index is 0.604. The molecule has 0 saturated carbocycles. The van der Waals surface area contributed by atoms with Crippen molar-refractivity contribution in [2.75, 3.05) is 11.9 Å². The van der Waals surface area contributed by atoms with Gasteiger partial charge >= 0.3 is 0 Å². The van der Waals surface area contributed by atoms with Crippen molar-refractivity contribution in [3.05, 3.63) is 35.0 Å². The maximum absolute atomic E-state index is 4.35. The Labute approximate surface area is 111 Å². The lowest BCUT2D eigenvalue weighted by Gasteiger charge is -1.97. The first-order valence-electron chi connectivity index (χ1n) is 5.41. The largest absolute Gasteiger partial charge is 0.352 e. The van der Waals surface area contributed by atoms with E-state index >= 15 is 0 Å². The molecule has 0 saturated heterocycles. The van der Waals surface area contributed by atoms with E-state index in [2.05, 4.69) is 46.5 Å². The Hall–Kier alpha value is -1.96. The lowest BCUT2D eigenvalue weighted by Crippen LogP contribution is -2.07. The van der Waals surface area contributed by atoms with Crippen LogP contribution in [0.4, 0.5) is 5.95 Å². The molecule has 0 aliphatic heterocycles. The van der Waals surface area contributed by atoms with E-state index in [0.29, 0.717) is 12.5 Å². The fraction of sp³-hybridized carbons (Fsp3) is 0.200. The van der Waals surface area contributed by atoms with Gasteiger partial charge in [-0.1, -0.05) is 0 Å².